The van der Waals surface area contributed by atoms with E-state index in [9.17, 15) is 4.79 Å². The summed E-state index contributed by atoms with van der Waals surface area (Å²) in [5, 5.41) is 5.68. The number of benzene rings is 2. The van der Waals surface area contributed by atoms with Crippen molar-refractivity contribution in [3.63, 3.8) is 0 Å². The number of amides is 1. The van der Waals surface area contributed by atoms with Crippen LogP contribution in [0.2, 0.25) is 0 Å². The van der Waals surface area contributed by atoms with Crippen LogP contribution in [0.3, 0.4) is 0 Å². The Morgan fingerprint density at radius 3 is 2.33 bits per heavy atom. The summed E-state index contributed by atoms with van der Waals surface area (Å²) >= 11 is 1.48. The van der Waals surface area contributed by atoms with Crippen molar-refractivity contribution in [3.8, 4) is 22.4 Å². The maximum Gasteiger partial charge on any atom is 0.229 e. The van der Waals surface area contributed by atoms with Gasteiger partial charge in [0.2, 0.25) is 5.91 Å². The maximum atomic E-state index is 12.5. The van der Waals surface area contributed by atoms with Crippen molar-refractivity contribution < 1.29 is 4.79 Å². The molecule has 0 spiro atoms. The largest absolute Gasteiger partial charge is 0.302 e. The molecule has 1 unspecified atom stereocenters. The number of hydrogen-bond acceptors (Lipinski definition) is 3. The molecule has 3 rings (SSSR count). The van der Waals surface area contributed by atoms with Crippen LogP contribution in [-0.4, -0.2) is 10.9 Å². The summed E-state index contributed by atoms with van der Waals surface area (Å²) in [6.07, 6.45) is 4.01. The van der Waals surface area contributed by atoms with E-state index in [0.717, 1.165) is 36.9 Å². The molecule has 1 heterocycles. The molecule has 27 heavy (non-hydrogen) atoms. The van der Waals surface area contributed by atoms with Crippen LogP contribution in [0.1, 0.15) is 39.5 Å². The molecule has 1 N–H and O–H groups in total. The normalized spacial score (nSPS) is 11.9. The minimum atomic E-state index is 0.0717. The molecular weight excluding hydrogens is 352 g/mol. The molecule has 1 aromatic heterocycles. The van der Waals surface area contributed by atoms with Gasteiger partial charge in [-0.1, -0.05) is 81.3 Å². The van der Waals surface area contributed by atoms with Gasteiger partial charge in [0, 0.05) is 16.9 Å². The van der Waals surface area contributed by atoms with E-state index in [1.54, 1.807) is 0 Å². The van der Waals surface area contributed by atoms with E-state index >= 15 is 0 Å². The number of carbonyl (C=O) groups is 1. The molecule has 4 heteroatoms. The molecule has 0 aliphatic heterocycles. The lowest BCUT2D eigenvalue weighted by Crippen LogP contribution is -2.22. The van der Waals surface area contributed by atoms with Crippen molar-refractivity contribution in [1.29, 1.82) is 0 Å². The van der Waals surface area contributed by atoms with Crippen LogP contribution < -0.4 is 5.32 Å². The van der Waals surface area contributed by atoms with Crippen molar-refractivity contribution in [2.75, 3.05) is 5.32 Å². The molecule has 1 amide bonds. The maximum absolute atomic E-state index is 12.5. The van der Waals surface area contributed by atoms with Gasteiger partial charge >= 0.3 is 0 Å². The molecule has 3 aromatic rings. The smallest absolute Gasteiger partial charge is 0.229 e. The Balaban J connectivity index is 1.67. The van der Waals surface area contributed by atoms with Gasteiger partial charge in [-0.25, -0.2) is 4.98 Å². The monoisotopic (exact) mass is 378 g/mol. The van der Waals surface area contributed by atoms with Crippen molar-refractivity contribution >= 4 is 22.4 Å². The first-order valence-corrected chi connectivity index (χ1v) is 10.5. The molecule has 0 saturated carbocycles. The highest BCUT2D eigenvalue weighted by atomic mass is 32.1. The predicted molar refractivity (Wildman–Crippen MR) is 115 cm³/mol. The molecule has 0 fully saturated rings. The fraction of sp³-hybridized carbons (Fsp3) is 0.304. The molecule has 0 bridgehead atoms. The summed E-state index contributed by atoms with van der Waals surface area (Å²) in [7, 11) is 0. The number of nitrogens with zero attached hydrogens (tertiary/aromatic N) is 1. The Morgan fingerprint density at radius 1 is 1.00 bits per heavy atom. The van der Waals surface area contributed by atoms with E-state index in [1.807, 2.05) is 23.6 Å². The van der Waals surface area contributed by atoms with Gasteiger partial charge in [-0.15, -0.1) is 11.3 Å². The Hall–Kier alpha value is -2.46. The van der Waals surface area contributed by atoms with E-state index in [1.165, 1.54) is 22.5 Å². The average Bonchev–Trinajstić information content (AvgIpc) is 3.18. The number of thiazole rings is 1. The highest BCUT2D eigenvalue weighted by Crippen LogP contribution is 2.28. The van der Waals surface area contributed by atoms with Crippen LogP contribution in [0.4, 0.5) is 5.13 Å². The second kappa shape index (κ2) is 9.47. The summed E-state index contributed by atoms with van der Waals surface area (Å²) in [5.41, 5.74) is 4.35. The summed E-state index contributed by atoms with van der Waals surface area (Å²) in [4.78, 5) is 17.1. The number of rotatable bonds is 8. The first-order chi connectivity index (χ1) is 13.2. The Kier molecular flexibility index (Phi) is 6.77. The van der Waals surface area contributed by atoms with Gasteiger partial charge in [0.25, 0.3) is 0 Å². The van der Waals surface area contributed by atoms with Gasteiger partial charge in [-0.3, -0.25) is 4.79 Å². The molecule has 3 nitrogen and oxygen atoms in total. The lowest BCUT2D eigenvalue weighted by atomic mass is 9.99. The van der Waals surface area contributed by atoms with E-state index in [0.29, 0.717) is 5.13 Å². The zero-order valence-electron chi connectivity index (χ0n) is 15.9. The first kappa shape index (κ1) is 19.3. The SMILES string of the molecule is CCCCC(CC)C(=O)Nc1nc(-c2ccc(-c3ccccc3)cc2)cs1. The molecule has 0 aliphatic rings. The zero-order chi connectivity index (χ0) is 19.1. The summed E-state index contributed by atoms with van der Waals surface area (Å²) in [5.74, 6) is 0.161. The number of carbonyl (C=O) groups excluding carboxylic acids is 1. The van der Waals surface area contributed by atoms with Crippen LogP contribution in [0.5, 0.6) is 0 Å². The number of anilines is 1. The van der Waals surface area contributed by atoms with Crippen molar-refractivity contribution in [1.82, 2.24) is 4.98 Å². The fourth-order valence-corrected chi connectivity index (χ4v) is 3.83. The summed E-state index contributed by atoms with van der Waals surface area (Å²) in [6, 6.07) is 18.7. The number of nitrogens with one attached hydrogen (secondary N) is 1. The van der Waals surface area contributed by atoms with Crippen molar-refractivity contribution in [2.24, 2.45) is 5.92 Å². The number of aromatic nitrogens is 1. The van der Waals surface area contributed by atoms with Gasteiger partial charge in [-0.2, -0.15) is 0 Å². The predicted octanol–water partition coefficient (Wildman–Crippen LogP) is 6.63. The molecular formula is C23H26N2OS. The lowest BCUT2D eigenvalue weighted by molar-refractivity contribution is -0.120. The molecule has 1 atom stereocenters. The van der Waals surface area contributed by atoms with E-state index in [2.05, 4.69) is 60.5 Å². The van der Waals surface area contributed by atoms with Crippen molar-refractivity contribution in [2.45, 2.75) is 39.5 Å². The van der Waals surface area contributed by atoms with E-state index in [-0.39, 0.29) is 11.8 Å². The molecule has 0 saturated heterocycles. The van der Waals surface area contributed by atoms with Crippen LogP contribution in [0.15, 0.2) is 60.0 Å². The van der Waals surface area contributed by atoms with Gasteiger partial charge in [-0.05, 0) is 24.0 Å². The molecule has 0 radical (unpaired) electrons. The zero-order valence-corrected chi connectivity index (χ0v) is 16.8. The van der Waals surface area contributed by atoms with Crippen molar-refractivity contribution in [3.05, 3.63) is 60.0 Å². The average molecular weight is 379 g/mol. The third-order valence-corrected chi connectivity index (χ3v) is 5.55. The third-order valence-electron chi connectivity index (χ3n) is 4.79. The van der Waals surface area contributed by atoms with Gasteiger partial charge in [0.05, 0.1) is 5.69 Å². The number of unbranched alkanes of at least 4 members (excludes halogenated alkanes) is 1. The lowest BCUT2D eigenvalue weighted by Gasteiger charge is -2.12. The van der Waals surface area contributed by atoms with Gasteiger partial charge < -0.3 is 5.32 Å². The van der Waals surface area contributed by atoms with E-state index < -0.39 is 0 Å². The molecule has 140 valence electrons. The second-order valence-corrected chi connectivity index (χ2v) is 7.58. The first-order valence-electron chi connectivity index (χ1n) is 9.63. The van der Waals surface area contributed by atoms with E-state index in [4.69, 9.17) is 0 Å². The van der Waals surface area contributed by atoms with Crippen LogP contribution in [-0.2, 0) is 4.79 Å². The summed E-state index contributed by atoms with van der Waals surface area (Å²) < 4.78 is 0. The Labute approximate surface area is 165 Å². The quantitative estimate of drug-likeness (QED) is 0.478. The highest BCUT2D eigenvalue weighted by molar-refractivity contribution is 7.14. The third kappa shape index (κ3) is 5.04. The number of hydrogen-bond donors (Lipinski definition) is 1. The summed E-state index contributed by atoms with van der Waals surface area (Å²) in [6.45, 7) is 4.22. The van der Waals surface area contributed by atoms with Gasteiger partial charge in [0.15, 0.2) is 5.13 Å². The Morgan fingerprint density at radius 2 is 1.67 bits per heavy atom. The molecule has 0 aliphatic carbocycles. The molecule has 2 aromatic carbocycles. The minimum absolute atomic E-state index is 0.0717. The second-order valence-electron chi connectivity index (χ2n) is 6.72. The van der Waals surface area contributed by atoms with Gasteiger partial charge in [0.1, 0.15) is 0 Å². The van der Waals surface area contributed by atoms with Crippen LogP contribution in [0, 0.1) is 5.92 Å². The van der Waals surface area contributed by atoms with Crippen LogP contribution in [0.25, 0.3) is 22.4 Å². The van der Waals surface area contributed by atoms with Crippen LogP contribution >= 0.6 is 11.3 Å². The Bertz CT molecular complexity index is 856. The fourth-order valence-electron chi connectivity index (χ4n) is 3.11. The minimum Gasteiger partial charge on any atom is -0.302 e. The highest BCUT2D eigenvalue weighted by Gasteiger charge is 2.17. The topological polar surface area (TPSA) is 42.0 Å². The standard InChI is InChI=1S/C23H26N2OS/c1-3-5-9-17(4-2)22(26)25-23-24-21(16-27-23)20-14-12-19(13-15-20)18-10-7-6-8-11-18/h6-8,10-17H,3-5,9H2,1-2H3,(H,24,25,26).